The molecule has 0 N–H and O–H groups in total. The summed E-state index contributed by atoms with van der Waals surface area (Å²) >= 11 is -2.50. The zero-order chi connectivity index (χ0) is 26.1. The Morgan fingerprint density at radius 3 is 1.08 bits per heavy atom. The molecule has 0 aliphatic rings. The third-order valence-electron chi connectivity index (χ3n) is 5.10. The fourth-order valence-corrected chi connectivity index (χ4v) is 4.25. The van der Waals surface area contributed by atoms with Crippen molar-refractivity contribution < 1.29 is 14.2 Å². The Bertz CT molecular complexity index is 1040. The average molecular weight is 517 g/mol. The molecule has 0 radical (unpaired) electrons. The van der Waals surface area contributed by atoms with Crippen LogP contribution < -0.4 is 14.2 Å². The first-order chi connectivity index (χ1) is 18.2. The van der Waals surface area contributed by atoms with Gasteiger partial charge in [-0.15, -0.1) is 0 Å². The number of nitrogens with zero attached hydrogens (tertiary/aromatic N) is 6. The van der Waals surface area contributed by atoms with E-state index >= 15 is 0 Å². The zero-order valence-electron chi connectivity index (χ0n) is 21.7. The molecular weight excluding hydrogens is 483 g/mol. The lowest BCUT2D eigenvalue weighted by Crippen LogP contribution is -2.03. The molecule has 3 rings (SSSR count). The molecule has 0 heterocycles. The van der Waals surface area contributed by atoms with Crippen LogP contribution in [0.15, 0.2) is 100 Å². The van der Waals surface area contributed by atoms with E-state index in [0.717, 1.165) is 33.9 Å². The first-order valence-corrected chi connectivity index (χ1v) is 14.0. The number of ether oxygens (including phenoxy) is 3. The Balaban J connectivity index is 1.74. The second-order valence-electron chi connectivity index (χ2n) is 7.71. The summed E-state index contributed by atoms with van der Waals surface area (Å²) in [4.78, 5) is 0. The second kappa shape index (κ2) is 16.2. The summed E-state index contributed by atoms with van der Waals surface area (Å²) in [5, 5.41) is 13.1. The van der Waals surface area contributed by atoms with Crippen LogP contribution in [0.25, 0.3) is 0 Å². The van der Waals surface area contributed by atoms with E-state index in [2.05, 4.69) is 27.6 Å². The number of rotatable bonds is 15. The van der Waals surface area contributed by atoms with Crippen LogP contribution in [0.1, 0.15) is 37.5 Å². The van der Waals surface area contributed by atoms with Crippen molar-refractivity contribution in [2.45, 2.75) is 40.4 Å². The number of hydrogen-bond donors (Lipinski definition) is 0. The van der Waals surface area contributed by atoms with Crippen LogP contribution in [0.2, 0.25) is 0 Å². The van der Waals surface area contributed by atoms with Gasteiger partial charge in [-0.05, 0) is 39.0 Å². The van der Waals surface area contributed by atoms with Crippen molar-refractivity contribution >= 4 is 14.8 Å². The van der Waals surface area contributed by atoms with Gasteiger partial charge in [0.25, 0.3) is 0 Å². The molecule has 3 aromatic carbocycles. The Hall–Kier alpha value is -3.61. The molecule has 0 unspecified atom stereocenters. The molecule has 0 fully saturated rings. The van der Waals surface area contributed by atoms with Gasteiger partial charge in [0, 0.05) is 16.7 Å². The van der Waals surface area contributed by atoms with Crippen molar-refractivity contribution in [1.29, 1.82) is 0 Å². The minimum atomic E-state index is -2.50. The van der Waals surface area contributed by atoms with Crippen molar-refractivity contribution in [3.8, 4) is 17.2 Å². The molecule has 0 atom stereocenters. The van der Waals surface area contributed by atoms with Gasteiger partial charge in [-0.2, -0.15) is 0 Å². The lowest BCUT2D eigenvalue weighted by Gasteiger charge is -2.08. The molecule has 0 saturated heterocycles. The number of para-hydroxylation sites is 3. The van der Waals surface area contributed by atoms with Gasteiger partial charge in [0.1, 0.15) is 17.2 Å². The highest BCUT2D eigenvalue weighted by atomic mass is 27.2. The van der Waals surface area contributed by atoms with Crippen LogP contribution in [0.5, 0.6) is 17.2 Å². The fourth-order valence-electron chi connectivity index (χ4n) is 3.43. The van der Waals surface area contributed by atoms with Crippen LogP contribution in [-0.4, -0.2) is 34.6 Å². The van der Waals surface area contributed by atoms with Crippen LogP contribution in [-0.2, 0) is 19.6 Å². The van der Waals surface area contributed by atoms with Gasteiger partial charge in [-0.3, -0.25) is 12.3 Å². The van der Waals surface area contributed by atoms with Crippen LogP contribution >= 0.6 is 0 Å². The van der Waals surface area contributed by atoms with Crippen molar-refractivity contribution in [3.05, 3.63) is 89.5 Å². The highest BCUT2D eigenvalue weighted by Gasteiger charge is 2.23. The smallest absolute Gasteiger partial charge is 0.494 e. The zero-order valence-corrected chi connectivity index (χ0v) is 22.8. The average Bonchev–Trinajstić information content (AvgIpc) is 2.92. The van der Waals surface area contributed by atoms with Gasteiger partial charge in [-0.25, -0.2) is 15.3 Å². The summed E-state index contributed by atoms with van der Waals surface area (Å²) in [5.41, 5.74) is 2.85. The lowest BCUT2D eigenvalue weighted by molar-refractivity contribution is 0.336. The third kappa shape index (κ3) is 9.41. The Morgan fingerprint density at radius 2 is 0.784 bits per heavy atom. The van der Waals surface area contributed by atoms with E-state index in [4.69, 9.17) is 14.2 Å². The summed E-state index contributed by atoms with van der Waals surface area (Å²) < 4.78 is 30.3. The molecule has 0 aliphatic heterocycles. The SMILES string of the molecule is CCOc1ccccc1CN=[N][Al]([N]=NCc1ccccc1OCC)[N]=NCc1ccccc1OCC. The highest BCUT2D eigenvalue weighted by Crippen LogP contribution is 2.21. The monoisotopic (exact) mass is 516 g/mol. The molecule has 0 saturated carbocycles. The van der Waals surface area contributed by atoms with Gasteiger partial charge in [-0.1, -0.05) is 54.6 Å². The predicted octanol–water partition coefficient (Wildman–Crippen LogP) is 7.12. The van der Waals surface area contributed by atoms with Crippen molar-refractivity contribution in [2.75, 3.05) is 19.8 Å². The maximum Gasteiger partial charge on any atom is 0.855 e. The van der Waals surface area contributed by atoms with E-state index in [0.29, 0.717) is 39.5 Å². The molecule has 37 heavy (non-hydrogen) atoms. The van der Waals surface area contributed by atoms with E-state index in [9.17, 15) is 0 Å². The fraction of sp³-hybridized carbons (Fsp3) is 0.333. The van der Waals surface area contributed by atoms with Gasteiger partial charge in [0.05, 0.1) is 39.5 Å². The summed E-state index contributed by atoms with van der Waals surface area (Å²) in [5.74, 6) is 2.39. The predicted molar refractivity (Wildman–Crippen MR) is 144 cm³/mol. The highest BCUT2D eigenvalue weighted by molar-refractivity contribution is 6.51. The van der Waals surface area contributed by atoms with E-state index in [1.165, 1.54) is 0 Å². The van der Waals surface area contributed by atoms with Crippen molar-refractivity contribution in [3.63, 3.8) is 0 Å². The standard InChI is InChI=1S/3C9H11N2O.Al/c3*1-2-12-9-6-4-3-5-8(9)7-11-10;/h3*3-6H,2,7H2,1H3;/q3*-1;+3. The molecule has 9 nitrogen and oxygen atoms in total. The molecule has 0 spiro atoms. The van der Waals surface area contributed by atoms with Gasteiger partial charge >= 0.3 is 14.8 Å². The lowest BCUT2D eigenvalue weighted by atomic mass is 10.2. The summed E-state index contributed by atoms with van der Waals surface area (Å²) in [6.45, 7) is 8.71. The van der Waals surface area contributed by atoms with Gasteiger partial charge in [0.2, 0.25) is 0 Å². The maximum atomic E-state index is 5.69. The van der Waals surface area contributed by atoms with Crippen LogP contribution in [0, 0.1) is 0 Å². The van der Waals surface area contributed by atoms with Crippen molar-refractivity contribution in [1.82, 2.24) is 0 Å². The molecule has 0 aromatic heterocycles. The maximum absolute atomic E-state index is 5.69. The van der Waals surface area contributed by atoms with Gasteiger partial charge in [0.15, 0.2) is 0 Å². The minimum Gasteiger partial charge on any atom is -0.494 e. The summed E-state index contributed by atoms with van der Waals surface area (Å²) in [6.07, 6.45) is 0. The minimum absolute atomic E-state index is 0.366. The molecular formula is C27H33AlN6O3. The first kappa shape index (κ1) is 28.0. The van der Waals surface area contributed by atoms with E-state index in [-0.39, 0.29) is 0 Å². The Morgan fingerprint density at radius 1 is 0.486 bits per heavy atom. The molecule has 3 aromatic rings. The number of benzene rings is 3. The second-order valence-corrected chi connectivity index (χ2v) is 9.10. The van der Waals surface area contributed by atoms with E-state index < -0.39 is 14.8 Å². The van der Waals surface area contributed by atoms with Crippen LogP contribution in [0.3, 0.4) is 0 Å². The number of hydrogen-bond acceptors (Lipinski definition) is 9. The van der Waals surface area contributed by atoms with Gasteiger partial charge < -0.3 is 14.2 Å². The molecule has 0 amide bonds. The van der Waals surface area contributed by atoms with Crippen LogP contribution in [0.4, 0.5) is 0 Å². The molecule has 0 aliphatic carbocycles. The summed E-state index contributed by atoms with van der Waals surface area (Å²) in [7, 11) is 0. The largest absolute Gasteiger partial charge is 0.855 e. The van der Waals surface area contributed by atoms with E-state index in [1.54, 1.807) is 0 Å². The topological polar surface area (TPSA) is 102 Å². The van der Waals surface area contributed by atoms with Crippen molar-refractivity contribution in [2.24, 2.45) is 27.6 Å². The molecule has 0 bridgehead atoms. The third-order valence-corrected chi connectivity index (χ3v) is 6.20. The first-order valence-electron chi connectivity index (χ1n) is 12.5. The summed E-state index contributed by atoms with van der Waals surface area (Å²) in [6, 6.07) is 23.4. The molecule has 10 heteroatoms. The Kier molecular flexibility index (Phi) is 12.2. The Labute approximate surface area is 223 Å². The normalized spacial score (nSPS) is 11.4. The quantitative estimate of drug-likeness (QED) is 0.159. The van der Waals surface area contributed by atoms with E-state index in [1.807, 2.05) is 93.6 Å². The molecule has 192 valence electrons.